The molecule has 3 aromatic heterocycles. The van der Waals surface area contributed by atoms with Gasteiger partial charge in [-0.15, -0.1) is 0 Å². The summed E-state index contributed by atoms with van der Waals surface area (Å²) in [7, 11) is 0. The van der Waals surface area contributed by atoms with Gasteiger partial charge < -0.3 is 73.3 Å². The molecule has 0 spiro atoms. The van der Waals surface area contributed by atoms with Crippen LogP contribution in [0.1, 0.15) is 22.3 Å². The maximum Gasteiger partial charge on any atom is 2.00 e. The van der Waals surface area contributed by atoms with E-state index >= 15 is 0 Å². The smallest absolute Gasteiger partial charge is 0.480 e. The van der Waals surface area contributed by atoms with E-state index in [1.165, 1.54) is 0 Å². The molecule has 65 heavy (non-hydrogen) atoms. The third kappa shape index (κ3) is 8.53. The van der Waals surface area contributed by atoms with Crippen molar-refractivity contribution in [1.29, 1.82) is 0 Å². The van der Waals surface area contributed by atoms with Gasteiger partial charge in [-0.2, -0.15) is 0 Å². The fraction of sp³-hybridized carbons (Fsp3) is 0.182. The van der Waals surface area contributed by atoms with Gasteiger partial charge in [0.25, 0.3) is 0 Å². The van der Waals surface area contributed by atoms with Gasteiger partial charge in [-0.05, 0) is 81.6 Å². The maximum atomic E-state index is 11.7. The molecule has 4 unspecified atom stereocenters. The summed E-state index contributed by atoms with van der Waals surface area (Å²) in [5, 5.41) is 40.3. The first-order chi connectivity index (χ1) is 30.6. The molecule has 0 fully saturated rings. The third-order valence-corrected chi connectivity index (χ3v) is 11.0. The minimum atomic E-state index is -1.19. The van der Waals surface area contributed by atoms with E-state index in [0.29, 0.717) is 66.1 Å². The molecule has 21 heteroatoms. The zero-order valence-corrected chi connectivity index (χ0v) is 37.0. The molecule has 12 N–H and O–H groups in total. The number of hydrogen-bond acceptors (Lipinski definition) is 14. The molecule has 0 amide bonds. The standard InChI is InChI=1S/C44H38N12O8.Zn/c45-29(41(57)58)13-17-1-5-21-25(9-17)37-49-33(21)53-38-26-10-18(14-30(46)42(59)60)2-6-22(26)35(50-38)55-40-28-12-20(16-32(48)44(63)64)4-8-24(28)36(52-40)56-39-27-11-19(15-31(47)43(61)62)3-7-23(27)34(51-39)54-37;/h1-12,29-32H,13-16,45-48H2,(H6,49,50,51,52,53,54,55,56,57,58,59,60,61,62,63,64);/q;+2/p-2. The molecule has 0 aliphatic carbocycles. The Labute approximate surface area is 379 Å². The number of carboxylic acid groups (broad SMARTS) is 4. The van der Waals surface area contributed by atoms with Crippen LogP contribution in [0.4, 0.5) is 0 Å². The van der Waals surface area contributed by atoms with Crippen LogP contribution in [0.5, 0.6) is 0 Å². The molecule has 0 saturated carbocycles. The molecule has 0 radical (unpaired) electrons. The summed E-state index contributed by atoms with van der Waals surface area (Å²) in [6, 6.07) is 16.0. The van der Waals surface area contributed by atoms with Gasteiger partial charge in [-0.25, -0.2) is 9.97 Å². The average Bonchev–Trinajstić information content (AvgIpc) is 3.98. The van der Waals surface area contributed by atoms with E-state index in [9.17, 15) is 39.6 Å². The molecule has 5 heterocycles. The number of aromatic nitrogens is 8. The van der Waals surface area contributed by atoms with Crippen molar-refractivity contribution in [2.24, 2.45) is 22.9 Å². The minimum Gasteiger partial charge on any atom is -0.480 e. The molecule has 2 aliphatic rings. The summed E-state index contributed by atoms with van der Waals surface area (Å²) >= 11 is 0. The predicted molar refractivity (Wildman–Crippen MR) is 231 cm³/mol. The average molecular weight is 926 g/mol. The Morgan fingerprint density at radius 1 is 0.400 bits per heavy atom. The number of rotatable bonds is 12. The van der Waals surface area contributed by atoms with Crippen LogP contribution in [0.2, 0.25) is 0 Å². The van der Waals surface area contributed by atoms with Crippen LogP contribution in [0.15, 0.2) is 72.8 Å². The Morgan fingerprint density at radius 2 is 0.677 bits per heavy atom. The van der Waals surface area contributed by atoms with Gasteiger partial charge in [-0.1, -0.05) is 60.7 Å². The van der Waals surface area contributed by atoms with E-state index in [4.69, 9.17) is 62.8 Å². The van der Waals surface area contributed by atoms with E-state index in [0.717, 1.165) is 0 Å². The molecule has 9 rings (SSSR count). The Hall–Kier alpha value is -7.42. The molecular formula is C44H36N12O8Zn. The van der Waals surface area contributed by atoms with Crippen LogP contribution in [0, 0.1) is 0 Å². The topological polar surface area (TPSA) is 359 Å². The van der Waals surface area contributed by atoms with E-state index in [-0.39, 0.29) is 91.0 Å². The van der Waals surface area contributed by atoms with Crippen LogP contribution < -0.4 is 32.9 Å². The van der Waals surface area contributed by atoms with Gasteiger partial charge in [-0.3, -0.25) is 19.2 Å². The number of carboxylic acids is 4. The van der Waals surface area contributed by atoms with Crippen LogP contribution in [-0.2, 0) is 64.3 Å². The van der Waals surface area contributed by atoms with Crippen LogP contribution >= 0.6 is 0 Å². The van der Waals surface area contributed by atoms with Crippen molar-refractivity contribution in [1.82, 2.24) is 39.9 Å². The van der Waals surface area contributed by atoms with Gasteiger partial charge in [0.05, 0.1) is 23.3 Å². The van der Waals surface area contributed by atoms with Crippen molar-refractivity contribution in [3.05, 3.63) is 95.1 Å². The van der Waals surface area contributed by atoms with Gasteiger partial charge >= 0.3 is 43.4 Å². The molecular weight excluding hydrogens is 890 g/mol. The van der Waals surface area contributed by atoms with Crippen LogP contribution in [0.3, 0.4) is 0 Å². The number of benzene rings is 4. The molecule has 4 atom stereocenters. The molecule has 0 saturated heterocycles. The number of fused-ring (bicyclic) bond motifs is 20. The quantitative estimate of drug-likeness (QED) is 0.0811. The van der Waals surface area contributed by atoms with Crippen LogP contribution in [0.25, 0.3) is 89.7 Å². The monoisotopic (exact) mass is 924 g/mol. The SMILES string of the molecule is NC(Cc1ccc2c(c1)-c1nc-2nc2[n-]c(nc3nc(nc4[n-]c(n1)c1ccc(CC(N)C(=O)O)cc41)-c1ccc(CC(N)C(=O)O)cc1-3)c1ccc(CC(N)C(=O)O)cc21)C(=O)O.[Zn+2]. The van der Waals surface area contributed by atoms with Crippen molar-refractivity contribution in [3.63, 3.8) is 0 Å². The third-order valence-electron chi connectivity index (χ3n) is 11.0. The fourth-order valence-corrected chi connectivity index (χ4v) is 7.72. The van der Waals surface area contributed by atoms with Crippen molar-refractivity contribution in [2.75, 3.05) is 0 Å². The Bertz CT molecular complexity index is 3100. The molecule has 2 aliphatic heterocycles. The number of carbonyl (C=O) groups is 4. The number of aliphatic carboxylic acids is 4. The second-order valence-electron chi connectivity index (χ2n) is 15.6. The zero-order valence-electron chi connectivity index (χ0n) is 34.1. The summed E-state index contributed by atoms with van der Waals surface area (Å²) in [6.45, 7) is 0. The van der Waals surface area contributed by atoms with E-state index in [1.54, 1.807) is 72.8 Å². The second-order valence-corrected chi connectivity index (χ2v) is 15.6. The van der Waals surface area contributed by atoms with E-state index in [1.807, 2.05) is 0 Å². The molecule has 20 nitrogen and oxygen atoms in total. The number of hydrogen-bond donors (Lipinski definition) is 8. The van der Waals surface area contributed by atoms with Crippen molar-refractivity contribution < 1.29 is 59.1 Å². The molecule has 322 valence electrons. The van der Waals surface area contributed by atoms with Gasteiger partial charge in [0, 0.05) is 44.8 Å². The number of nitrogens with zero attached hydrogens (tertiary/aromatic N) is 8. The van der Waals surface area contributed by atoms with Gasteiger partial charge in [0.2, 0.25) is 0 Å². The first-order valence-electron chi connectivity index (χ1n) is 19.8. The second kappa shape index (κ2) is 17.3. The van der Waals surface area contributed by atoms with Gasteiger partial charge in [0.15, 0.2) is 0 Å². The molecule has 4 aromatic carbocycles. The normalized spacial score (nSPS) is 13.6. The Kier molecular flexibility index (Phi) is 11.8. The molecule has 8 bridgehead atoms. The Balaban J connectivity index is 0.00000576. The summed E-state index contributed by atoms with van der Waals surface area (Å²) in [5.74, 6) is -3.96. The van der Waals surface area contributed by atoms with Crippen LogP contribution in [-0.4, -0.2) is 98.4 Å². The fourth-order valence-electron chi connectivity index (χ4n) is 7.72. The Morgan fingerprint density at radius 3 is 1.00 bits per heavy atom. The van der Waals surface area contributed by atoms with Crippen molar-refractivity contribution >= 4 is 68.0 Å². The summed E-state index contributed by atoms with van der Waals surface area (Å²) in [6.07, 6.45) is 0.00655. The summed E-state index contributed by atoms with van der Waals surface area (Å²) in [4.78, 5) is 86.1. The van der Waals surface area contributed by atoms with E-state index in [2.05, 4.69) is 0 Å². The first-order valence-corrected chi connectivity index (χ1v) is 19.8. The largest absolute Gasteiger partial charge is 2.00 e. The zero-order chi connectivity index (χ0) is 45.1. The summed E-state index contributed by atoms with van der Waals surface area (Å²) < 4.78 is 0. The predicted octanol–water partition coefficient (Wildman–Crippen LogP) is 1.94. The van der Waals surface area contributed by atoms with Crippen molar-refractivity contribution in [3.8, 4) is 45.6 Å². The summed E-state index contributed by atoms with van der Waals surface area (Å²) in [5.41, 5.74) is 28.9. The molecule has 7 aromatic rings. The first kappa shape index (κ1) is 44.2. The maximum absolute atomic E-state index is 11.7. The van der Waals surface area contributed by atoms with Gasteiger partial charge in [0.1, 0.15) is 24.2 Å². The number of nitrogens with two attached hydrogens (primary N) is 4. The minimum absolute atomic E-state index is 0. The van der Waals surface area contributed by atoms with E-state index < -0.39 is 48.0 Å². The van der Waals surface area contributed by atoms with Crippen molar-refractivity contribution in [2.45, 2.75) is 49.9 Å².